The molecule has 9 nitrogen and oxygen atoms in total. The van der Waals surface area contributed by atoms with E-state index in [0.29, 0.717) is 5.16 Å². The van der Waals surface area contributed by atoms with Crippen LogP contribution >= 0.6 is 11.8 Å². The lowest BCUT2D eigenvalue weighted by Crippen LogP contribution is -2.21. The number of nitrogens with two attached hydrogens (primary N) is 1. The zero-order valence-electron chi connectivity index (χ0n) is 16.1. The Labute approximate surface area is 170 Å². The summed E-state index contributed by atoms with van der Waals surface area (Å²) in [5, 5.41) is 3.07. The molecule has 0 saturated heterocycles. The summed E-state index contributed by atoms with van der Waals surface area (Å²) >= 11 is 1.19. The van der Waals surface area contributed by atoms with Crippen LogP contribution in [0.1, 0.15) is 39.0 Å². The fourth-order valence-electron chi connectivity index (χ4n) is 2.78. The van der Waals surface area contributed by atoms with E-state index in [9.17, 15) is 14.4 Å². The van der Waals surface area contributed by atoms with Crippen molar-refractivity contribution < 1.29 is 23.5 Å². The Bertz CT molecular complexity index is 1100. The molecule has 0 aliphatic heterocycles. The molecule has 2 aromatic heterocycles. The smallest absolute Gasteiger partial charge is 0.342 e. The maximum Gasteiger partial charge on any atom is 0.342 e. The van der Waals surface area contributed by atoms with Crippen LogP contribution in [0.4, 0.5) is 5.88 Å². The highest BCUT2D eigenvalue weighted by molar-refractivity contribution is 7.99. The largest absolute Gasteiger partial charge is 0.462 e. The van der Waals surface area contributed by atoms with Gasteiger partial charge in [0.25, 0.3) is 5.91 Å². The molecule has 29 heavy (non-hydrogen) atoms. The minimum absolute atomic E-state index is 0.00545. The van der Waals surface area contributed by atoms with Crippen LogP contribution in [0.25, 0.3) is 11.0 Å². The van der Waals surface area contributed by atoms with Gasteiger partial charge in [0, 0.05) is 0 Å². The average Bonchev–Trinajstić information content (AvgIpc) is 3.19. The van der Waals surface area contributed by atoms with Crippen molar-refractivity contribution in [2.45, 2.75) is 25.9 Å². The number of carbonyl (C=O) groups is 3. The van der Waals surface area contributed by atoms with E-state index >= 15 is 0 Å². The number of aromatic nitrogens is 2. The number of carbonyl (C=O) groups excluding carboxylic acids is 3. The van der Waals surface area contributed by atoms with Gasteiger partial charge in [-0.3, -0.25) is 14.9 Å². The van der Waals surface area contributed by atoms with Gasteiger partial charge in [0.05, 0.1) is 23.4 Å². The molecule has 0 fully saturated rings. The van der Waals surface area contributed by atoms with Gasteiger partial charge in [0.2, 0.25) is 11.8 Å². The number of amides is 2. The van der Waals surface area contributed by atoms with Gasteiger partial charge in [-0.05, 0) is 38.5 Å². The minimum atomic E-state index is -0.902. The fourth-order valence-corrected chi connectivity index (χ4v) is 3.47. The van der Waals surface area contributed by atoms with E-state index in [1.807, 2.05) is 25.1 Å². The number of hydrogen-bond donors (Lipinski definition) is 3. The van der Waals surface area contributed by atoms with Crippen LogP contribution in [0.15, 0.2) is 27.8 Å². The third-order valence-corrected chi connectivity index (χ3v) is 4.89. The molecule has 0 aliphatic rings. The molecule has 0 bridgehead atoms. The quantitative estimate of drug-likeness (QED) is 0.397. The van der Waals surface area contributed by atoms with Gasteiger partial charge >= 0.3 is 5.97 Å². The maximum atomic E-state index is 12.3. The number of anilines is 1. The summed E-state index contributed by atoms with van der Waals surface area (Å²) in [4.78, 5) is 43.8. The Morgan fingerprint density at radius 2 is 2.03 bits per heavy atom. The van der Waals surface area contributed by atoms with E-state index in [-0.39, 0.29) is 35.1 Å². The van der Waals surface area contributed by atoms with Gasteiger partial charge in [0.1, 0.15) is 16.9 Å². The molecule has 1 aromatic carbocycles. The molecule has 0 unspecified atom stereocenters. The van der Waals surface area contributed by atoms with Gasteiger partial charge in [-0.15, -0.1) is 0 Å². The van der Waals surface area contributed by atoms with Crippen molar-refractivity contribution in [3.63, 3.8) is 0 Å². The lowest BCUT2D eigenvalue weighted by molar-refractivity contribution is -0.113. The summed E-state index contributed by atoms with van der Waals surface area (Å²) in [5.74, 6) is -2.13. The summed E-state index contributed by atoms with van der Waals surface area (Å²) in [6.07, 6.45) is 0. The Hall–Kier alpha value is -3.27. The zero-order chi connectivity index (χ0) is 21.1. The maximum absolute atomic E-state index is 12.3. The first kappa shape index (κ1) is 20.5. The van der Waals surface area contributed by atoms with Crippen LogP contribution in [0.5, 0.6) is 0 Å². The predicted octanol–water partition coefficient (Wildman–Crippen LogP) is 2.78. The Balaban J connectivity index is 1.73. The van der Waals surface area contributed by atoms with Gasteiger partial charge in [-0.2, -0.15) is 0 Å². The van der Waals surface area contributed by atoms with Crippen LogP contribution in [-0.2, 0) is 9.53 Å². The van der Waals surface area contributed by atoms with E-state index in [0.717, 1.165) is 16.6 Å². The number of imidazole rings is 1. The van der Waals surface area contributed by atoms with Crippen LogP contribution < -0.4 is 11.1 Å². The second-order valence-electron chi connectivity index (χ2n) is 6.22. The molecule has 0 saturated carbocycles. The molecule has 2 heterocycles. The van der Waals surface area contributed by atoms with Gasteiger partial charge in [-0.25, -0.2) is 9.78 Å². The first-order valence-corrected chi connectivity index (χ1v) is 9.78. The summed E-state index contributed by atoms with van der Waals surface area (Å²) in [5.41, 5.74) is 7.86. The van der Waals surface area contributed by atoms with Crippen LogP contribution in [0, 0.1) is 13.8 Å². The van der Waals surface area contributed by atoms with Crippen LogP contribution in [-0.4, -0.2) is 40.1 Å². The Morgan fingerprint density at radius 3 is 2.72 bits per heavy atom. The monoisotopic (exact) mass is 416 g/mol. The number of primary amides is 1. The fraction of sp³-hybridized carbons (Fsp3) is 0.263. The average molecular weight is 416 g/mol. The first-order valence-electron chi connectivity index (χ1n) is 8.79. The third kappa shape index (κ3) is 4.43. The van der Waals surface area contributed by atoms with E-state index in [4.69, 9.17) is 14.9 Å². The van der Waals surface area contributed by atoms with E-state index in [1.165, 1.54) is 18.7 Å². The predicted molar refractivity (Wildman–Crippen MR) is 108 cm³/mol. The molecular weight excluding hydrogens is 396 g/mol. The number of H-pyrrole nitrogens is 1. The zero-order valence-corrected chi connectivity index (χ0v) is 16.9. The number of benzene rings is 1. The van der Waals surface area contributed by atoms with Crippen LogP contribution in [0.2, 0.25) is 0 Å². The molecule has 0 aliphatic carbocycles. The number of aryl methyl sites for hydroxylation is 2. The number of thioether (sulfide) groups is 1. The second-order valence-corrected chi connectivity index (χ2v) is 7.19. The number of ether oxygens (including phenoxy) is 1. The topological polar surface area (TPSA) is 140 Å². The molecule has 10 heteroatoms. The third-order valence-electron chi connectivity index (χ3n) is 4.02. The lowest BCUT2D eigenvalue weighted by Gasteiger charge is -2.04. The molecule has 3 rings (SSSR count). The Kier molecular flexibility index (Phi) is 5.92. The number of hydrogen-bond acceptors (Lipinski definition) is 7. The molecule has 152 valence electrons. The molecule has 3 aromatic rings. The van der Waals surface area contributed by atoms with Gasteiger partial charge in [0.15, 0.2) is 5.16 Å². The molecule has 0 atom stereocenters. The number of aromatic amines is 1. The van der Waals surface area contributed by atoms with Crippen molar-refractivity contribution in [2.24, 2.45) is 5.73 Å². The standard InChI is InChI=1S/C19H20N4O5S/c1-4-27-18(26)14-10(3)28-17(15(14)16(20)25)23-13(24)8-29-19-21-11-6-5-9(2)7-12(11)22-19/h5-7H,4,8H2,1-3H3,(H2,20,25)(H,21,22)(H,23,24). The highest BCUT2D eigenvalue weighted by atomic mass is 32.2. The highest BCUT2D eigenvalue weighted by Crippen LogP contribution is 2.28. The van der Waals surface area contributed by atoms with Crippen LogP contribution in [0.3, 0.4) is 0 Å². The van der Waals surface area contributed by atoms with Crippen molar-refractivity contribution in [1.82, 2.24) is 9.97 Å². The summed E-state index contributed by atoms with van der Waals surface area (Å²) in [6.45, 7) is 5.22. The van der Waals surface area contributed by atoms with Crippen molar-refractivity contribution >= 4 is 46.5 Å². The lowest BCUT2D eigenvalue weighted by atomic mass is 10.1. The van der Waals surface area contributed by atoms with E-state index in [2.05, 4.69) is 15.3 Å². The second kappa shape index (κ2) is 8.39. The van der Waals surface area contributed by atoms with E-state index < -0.39 is 17.8 Å². The molecule has 2 amide bonds. The summed E-state index contributed by atoms with van der Waals surface area (Å²) in [6, 6.07) is 5.82. The van der Waals surface area contributed by atoms with Crippen molar-refractivity contribution in [3.05, 3.63) is 40.6 Å². The number of esters is 1. The molecule has 0 spiro atoms. The Morgan fingerprint density at radius 1 is 1.28 bits per heavy atom. The summed E-state index contributed by atoms with van der Waals surface area (Å²) in [7, 11) is 0. The number of rotatable bonds is 7. The normalized spacial score (nSPS) is 10.9. The molecular formula is C19H20N4O5S. The summed E-state index contributed by atoms with van der Waals surface area (Å²) < 4.78 is 10.3. The van der Waals surface area contributed by atoms with Crippen molar-refractivity contribution in [2.75, 3.05) is 17.7 Å². The van der Waals surface area contributed by atoms with Crippen molar-refractivity contribution in [1.29, 1.82) is 0 Å². The molecule has 4 N–H and O–H groups in total. The number of fused-ring (bicyclic) bond motifs is 1. The number of nitrogens with zero attached hydrogens (tertiary/aromatic N) is 1. The van der Waals surface area contributed by atoms with E-state index in [1.54, 1.807) is 6.92 Å². The molecule has 0 radical (unpaired) electrons. The minimum Gasteiger partial charge on any atom is -0.462 e. The van der Waals surface area contributed by atoms with Gasteiger partial charge < -0.3 is 19.9 Å². The number of furan rings is 1. The van der Waals surface area contributed by atoms with Gasteiger partial charge in [-0.1, -0.05) is 17.8 Å². The SMILES string of the molecule is CCOC(=O)c1c(C)oc(NC(=O)CSc2nc3ccc(C)cc3[nH]2)c1C(N)=O. The first-order chi connectivity index (χ1) is 13.8. The highest BCUT2D eigenvalue weighted by Gasteiger charge is 2.29. The number of nitrogens with one attached hydrogen (secondary N) is 2. The van der Waals surface area contributed by atoms with Crippen molar-refractivity contribution in [3.8, 4) is 0 Å².